The van der Waals surface area contributed by atoms with Crippen LogP contribution in [0.4, 0.5) is 11.6 Å². The zero-order valence-corrected chi connectivity index (χ0v) is 8.61. The van der Waals surface area contributed by atoms with E-state index < -0.39 is 0 Å². The maximum Gasteiger partial charge on any atom is 0.146 e. The molecule has 0 amide bonds. The number of nitrogens with two attached hydrogens (primary N) is 1. The van der Waals surface area contributed by atoms with Crippen LogP contribution in [0, 0.1) is 5.41 Å². The Balaban J connectivity index is 1.88. The number of anilines is 2. The average molecular weight is 208 g/mol. The van der Waals surface area contributed by atoms with Gasteiger partial charge in [-0.1, -0.05) is 0 Å². The van der Waals surface area contributed by atoms with Gasteiger partial charge < -0.3 is 16.2 Å². The predicted octanol–water partition coefficient (Wildman–Crippen LogP) is 0.633. The van der Waals surface area contributed by atoms with Gasteiger partial charge in [-0.15, -0.1) is 0 Å². The van der Waals surface area contributed by atoms with E-state index in [-0.39, 0.29) is 12.0 Å². The smallest absolute Gasteiger partial charge is 0.146 e. The van der Waals surface area contributed by atoms with Crippen molar-refractivity contribution in [1.29, 1.82) is 0 Å². The maximum absolute atomic E-state index is 8.91. The summed E-state index contributed by atoms with van der Waals surface area (Å²) in [6.07, 6.45) is 6.39. The van der Waals surface area contributed by atoms with Crippen molar-refractivity contribution in [3.63, 3.8) is 0 Å². The van der Waals surface area contributed by atoms with Gasteiger partial charge in [-0.05, 0) is 24.7 Å². The molecular formula is C10H16N4O. The summed E-state index contributed by atoms with van der Waals surface area (Å²) in [6.45, 7) is 1.09. The van der Waals surface area contributed by atoms with Gasteiger partial charge in [0.25, 0.3) is 0 Å². The van der Waals surface area contributed by atoms with E-state index >= 15 is 0 Å². The van der Waals surface area contributed by atoms with Crippen molar-refractivity contribution in [2.75, 3.05) is 24.2 Å². The van der Waals surface area contributed by atoms with Crippen LogP contribution in [0.15, 0.2) is 12.4 Å². The minimum absolute atomic E-state index is 0.254. The van der Waals surface area contributed by atoms with E-state index in [1.54, 1.807) is 6.20 Å². The Morgan fingerprint density at radius 3 is 2.87 bits per heavy atom. The second-order valence-electron chi connectivity index (χ2n) is 4.16. The lowest BCUT2D eigenvalue weighted by molar-refractivity contribution is 0.253. The summed E-state index contributed by atoms with van der Waals surface area (Å²) in [5, 5.41) is 12.1. The Morgan fingerprint density at radius 2 is 2.27 bits per heavy atom. The lowest BCUT2D eigenvalue weighted by atomic mass is 10.0. The van der Waals surface area contributed by atoms with Crippen molar-refractivity contribution < 1.29 is 5.11 Å². The van der Waals surface area contributed by atoms with Crippen molar-refractivity contribution in [2.24, 2.45) is 5.41 Å². The van der Waals surface area contributed by atoms with Gasteiger partial charge in [0.05, 0.1) is 12.4 Å². The van der Waals surface area contributed by atoms with E-state index in [1.165, 1.54) is 19.0 Å². The average Bonchev–Trinajstić information content (AvgIpc) is 2.97. The van der Waals surface area contributed by atoms with E-state index in [2.05, 4.69) is 15.3 Å². The number of rotatable bonds is 5. The summed E-state index contributed by atoms with van der Waals surface area (Å²) in [5.41, 5.74) is 5.80. The highest BCUT2D eigenvalue weighted by Crippen LogP contribution is 2.48. The molecule has 1 aliphatic carbocycles. The molecular weight excluding hydrogens is 192 g/mol. The molecule has 0 unspecified atom stereocenters. The summed E-state index contributed by atoms with van der Waals surface area (Å²) in [4.78, 5) is 8.06. The third kappa shape index (κ3) is 2.56. The van der Waals surface area contributed by atoms with E-state index in [9.17, 15) is 0 Å². The molecule has 5 nitrogen and oxygen atoms in total. The van der Waals surface area contributed by atoms with Crippen LogP contribution in [0.2, 0.25) is 0 Å². The Labute approximate surface area is 88.7 Å². The van der Waals surface area contributed by atoms with Crippen LogP contribution >= 0.6 is 0 Å². The molecule has 0 aromatic carbocycles. The molecule has 1 aromatic rings. The zero-order chi connectivity index (χ0) is 10.7. The number of aliphatic hydroxyl groups excluding tert-OH is 1. The molecule has 2 rings (SSSR count). The molecule has 4 N–H and O–H groups in total. The molecule has 1 aliphatic rings. The third-order valence-corrected chi connectivity index (χ3v) is 2.90. The highest BCUT2D eigenvalue weighted by atomic mass is 16.3. The van der Waals surface area contributed by atoms with Gasteiger partial charge in [-0.25, -0.2) is 4.98 Å². The Bertz CT molecular complexity index is 338. The lowest BCUT2D eigenvalue weighted by Gasteiger charge is -2.14. The molecule has 0 aliphatic heterocycles. The molecule has 0 radical (unpaired) electrons. The summed E-state index contributed by atoms with van der Waals surface area (Å²) >= 11 is 0. The predicted molar refractivity (Wildman–Crippen MR) is 58.3 cm³/mol. The van der Waals surface area contributed by atoms with Crippen LogP contribution in [0.1, 0.15) is 19.3 Å². The number of nitrogens with one attached hydrogen (secondary N) is 1. The molecule has 82 valence electrons. The summed E-state index contributed by atoms with van der Waals surface area (Å²) < 4.78 is 0. The minimum Gasteiger partial charge on any atom is -0.396 e. The van der Waals surface area contributed by atoms with Gasteiger partial charge in [0.1, 0.15) is 11.6 Å². The van der Waals surface area contributed by atoms with Crippen molar-refractivity contribution in [3.8, 4) is 0 Å². The summed E-state index contributed by atoms with van der Waals surface area (Å²) in [7, 11) is 0. The lowest BCUT2D eigenvalue weighted by Crippen LogP contribution is -2.17. The Morgan fingerprint density at radius 1 is 1.47 bits per heavy atom. The normalized spacial score (nSPS) is 17.4. The Hall–Kier alpha value is -1.36. The number of nitrogens with zero attached hydrogens (tertiary/aromatic N) is 2. The van der Waals surface area contributed by atoms with Crippen LogP contribution in [-0.2, 0) is 0 Å². The number of hydrogen-bond donors (Lipinski definition) is 3. The van der Waals surface area contributed by atoms with Gasteiger partial charge in [-0.3, -0.25) is 4.98 Å². The zero-order valence-electron chi connectivity index (χ0n) is 8.61. The first-order valence-corrected chi connectivity index (χ1v) is 5.16. The number of aliphatic hydroxyl groups is 1. The van der Waals surface area contributed by atoms with E-state index in [1.807, 2.05) is 0 Å². The van der Waals surface area contributed by atoms with E-state index in [0.29, 0.717) is 11.6 Å². The van der Waals surface area contributed by atoms with Gasteiger partial charge in [-0.2, -0.15) is 0 Å². The fourth-order valence-electron chi connectivity index (χ4n) is 1.67. The topological polar surface area (TPSA) is 84.1 Å². The molecule has 0 spiro atoms. The van der Waals surface area contributed by atoms with Crippen molar-refractivity contribution in [2.45, 2.75) is 19.3 Å². The van der Waals surface area contributed by atoms with Gasteiger partial charge in [0, 0.05) is 13.2 Å². The van der Waals surface area contributed by atoms with Crippen molar-refractivity contribution >= 4 is 11.6 Å². The molecule has 1 fully saturated rings. The fraction of sp³-hybridized carbons (Fsp3) is 0.600. The molecule has 1 aromatic heterocycles. The van der Waals surface area contributed by atoms with Crippen LogP contribution in [0.25, 0.3) is 0 Å². The van der Waals surface area contributed by atoms with Gasteiger partial charge in [0.15, 0.2) is 0 Å². The summed E-state index contributed by atoms with van der Waals surface area (Å²) in [5.74, 6) is 1.13. The van der Waals surface area contributed by atoms with Crippen molar-refractivity contribution in [3.05, 3.63) is 12.4 Å². The first-order valence-electron chi connectivity index (χ1n) is 5.16. The van der Waals surface area contributed by atoms with Crippen molar-refractivity contribution in [1.82, 2.24) is 9.97 Å². The first kappa shape index (κ1) is 10.2. The number of nitrogen functional groups attached to an aromatic ring is 1. The minimum atomic E-state index is 0.254. The Kier molecular flexibility index (Phi) is 2.73. The van der Waals surface area contributed by atoms with Gasteiger partial charge >= 0.3 is 0 Å². The fourth-order valence-corrected chi connectivity index (χ4v) is 1.67. The summed E-state index contributed by atoms with van der Waals surface area (Å²) in [6, 6.07) is 0. The SMILES string of the molecule is Nc1cncc(NCC2(CCO)CC2)n1. The second-order valence-corrected chi connectivity index (χ2v) is 4.16. The third-order valence-electron chi connectivity index (χ3n) is 2.90. The highest BCUT2D eigenvalue weighted by Gasteiger charge is 2.41. The molecule has 0 saturated heterocycles. The first-order chi connectivity index (χ1) is 7.24. The highest BCUT2D eigenvalue weighted by molar-refractivity contribution is 5.38. The number of aromatic nitrogens is 2. The quantitative estimate of drug-likeness (QED) is 0.661. The van der Waals surface area contributed by atoms with E-state index in [4.69, 9.17) is 10.8 Å². The van der Waals surface area contributed by atoms with Gasteiger partial charge in [0.2, 0.25) is 0 Å². The molecule has 15 heavy (non-hydrogen) atoms. The molecule has 0 atom stereocenters. The number of hydrogen-bond acceptors (Lipinski definition) is 5. The van der Waals surface area contributed by atoms with E-state index in [0.717, 1.165) is 13.0 Å². The van der Waals surface area contributed by atoms with Crippen LogP contribution in [0.5, 0.6) is 0 Å². The molecule has 1 heterocycles. The molecule has 1 saturated carbocycles. The molecule has 0 bridgehead atoms. The molecule has 5 heteroatoms. The van der Waals surface area contributed by atoms with Crippen LogP contribution in [-0.4, -0.2) is 28.2 Å². The standard InChI is InChI=1S/C10H16N4O/c11-8-5-12-6-9(14-8)13-7-10(1-2-10)3-4-15/h5-6,15H,1-4,7H2,(H3,11,13,14). The van der Waals surface area contributed by atoms with Crippen LogP contribution in [0.3, 0.4) is 0 Å². The largest absolute Gasteiger partial charge is 0.396 e. The second kappa shape index (κ2) is 4.02. The monoisotopic (exact) mass is 208 g/mol. The maximum atomic E-state index is 8.91. The van der Waals surface area contributed by atoms with Crippen LogP contribution < -0.4 is 11.1 Å².